The number of carbonyl (C=O) groups excluding carboxylic acids is 1. The van der Waals surface area contributed by atoms with Crippen molar-refractivity contribution in [3.63, 3.8) is 0 Å². The minimum Gasteiger partial charge on any atom is -0.495 e. The highest BCUT2D eigenvalue weighted by atomic mass is 32.2. The lowest BCUT2D eigenvalue weighted by molar-refractivity contribution is 0.0729. The summed E-state index contributed by atoms with van der Waals surface area (Å²) < 4.78 is 38.0. The van der Waals surface area contributed by atoms with Gasteiger partial charge in [-0.2, -0.15) is 4.31 Å². The van der Waals surface area contributed by atoms with Gasteiger partial charge in [0.15, 0.2) is 0 Å². The summed E-state index contributed by atoms with van der Waals surface area (Å²) in [6.45, 7) is 5.09. The van der Waals surface area contributed by atoms with Crippen molar-refractivity contribution < 1.29 is 22.7 Å². The van der Waals surface area contributed by atoms with Crippen LogP contribution in [-0.4, -0.2) is 52.0 Å². The van der Waals surface area contributed by atoms with E-state index in [1.54, 1.807) is 18.2 Å². The third-order valence-corrected chi connectivity index (χ3v) is 6.78. The van der Waals surface area contributed by atoms with Crippen LogP contribution in [0.1, 0.15) is 21.5 Å². The van der Waals surface area contributed by atoms with Gasteiger partial charge in [0.2, 0.25) is 10.0 Å². The Hall–Kier alpha value is -2.42. The van der Waals surface area contributed by atoms with E-state index in [1.165, 1.54) is 17.5 Å². The minimum atomic E-state index is -3.77. The highest BCUT2D eigenvalue weighted by molar-refractivity contribution is 7.89. The van der Waals surface area contributed by atoms with Crippen molar-refractivity contribution in [3.8, 4) is 5.75 Å². The molecular formula is C20H24N2O5S. The van der Waals surface area contributed by atoms with Crippen LogP contribution in [0, 0.1) is 13.8 Å². The van der Waals surface area contributed by atoms with E-state index in [2.05, 4.69) is 5.32 Å². The molecular weight excluding hydrogens is 380 g/mol. The molecule has 1 amide bonds. The zero-order valence-corrected chi connectivity index (χ0v) is 17.0. The predicted molar refractivity (Wildman–Crippen MR) is 106 cm³/mol. The lowest BCUT2D eigenvalue weighted by atomic mass is 10.0. The first kappa shape index (κ1) is 20.3. The molecule has 7 nitrogen and oxygen atoms in total. The van der Waals surface area contributed by atoms with Gasteiger partial charge in [0.1, 0.15) is 10.6 Å². The number of ether oxygens (including phenoxy) is 2. The summed E-state index contributed by atoms with van der Waals surface area (Å²) in [4.78, 5) is 12.7. The molecule has 0 bridgehead atoms. The molecule has 0 unspecified atom stereocenters. The van der Waals surface area contributed by atoms with Crippen molar-refractivity contribution in [1.29, 1.82) is 0 Å². The molecule has 28 heavy (non-hydrogen) atoms. The Bertz CT molecular complexity index is 982. The molecule has 0 saturated carbocycles. The molecule has 1 N–H and O–H groups in total. The van der Waals surface area contributed by atoms with E-state index in [0.29, 0.717) is 24.5 Å². The summed E-state index contributed by atoms with van der Waals surface area (Å²) in [5.41, 5.74) is 2.83. The molecule has 1 fully saturated rings. The van der Waals surface area contributed by atoms with Gasteiger partial charge in [0.05, 0.1) is 20.3 Å². The molecule has 2 aromatic rings. The number of anilines is 1. The molecule has 1 aliphatic rings. The van der Waals surface area contributed by atoms with Crippen molar-refractivity contribution in [2.24, 2.45) is 0 Å². The van der Waals surface area contributed by atoms with Gasteiger partial charge in [-0.15, -0.1) is 0 Å². The number of methoxy groups -OCH3 is 1. The van der Waals surface area contributed by atoms with E-state index >= 15 is 0 Å². The predicted octanol–water partition coefficient (Wildman–Crippen LogP) is 2.59. The van der Waals surface area contributed by atoms with Crippen molar-refractivity contribution in [1.82, 2.24) is 4.31 Å². The maximum atomic E-state index is 13.1. The molecule has 1 heterocycles. The van der Waals surface area contributed by atoms with Crippen LogP contribution in [0.2, 0.25) is 0 Å². The molecule has 1 aliphatic heterocycles. The molecule has 0 atom stereocenters. The Morgan fingerprint density at radius 2 is 1.86 bits per heavy atom. The number of carbonyl (C=O) groups is 1. The van der Waals surface area contributed by atoms with Gasteiger partial charge in [0, 0.05) is 24.3 Å². The molecule has 3 rings (SSSR count). The number of nitrogens with one attached hydrogen (secondary N) is 1. The van der Waals surface area contributed by atoms with Crippen molar-refractivity contribution >= 4 is 21.6 Å². The quantitative estimate of drug-likeness (QED) is 0.828. The number of rotatable bonds is 5. The zero-order valence-electron chi connectivity index (χ0n) is 16.2. The van der Waals surface area contributed by atoms with E-state index in [1.807, 2.05) is 26.0 Å². The van der Waals surface area contributed by atoms with Crippen LogP contribution >= 0.6 is 0 Å². The Morgan fingerprint density at radius 1 is 1.14 bits per heavy atom. The second-order valence-electron chi connectivity index (χ2n) is 6.58. The maximum Gasteiger partial charge on any atom is 0.255 e. The lowest BCUT2D eigenvalue weighted by Gasteiger charge is -2.26. The Kier molecular flexibility index (Phi) is 6.02. The van der Waals surface area contributed by atoms with Gasteiger partial charge in [-0.1, -0.05) is 12.1 Å². The van der Waals surface area contributed by atoms with Gasteiger partial charge in [-0.25, -0.2) is 8.42 Å². The van der Waals surface area contributed by atoms with E-state index < -0.39 is 10.0 Å². The minimum absolute atomic E-state index is 0.0238. The third-order valence-electron chi connectivity index (χ3n) is 4.86. The molecule has 0 spiro atoms. The van der Waals surface area contributed by atoms with Crippen molar-refractivity contribution in [2.45, 2.75) is 18.7 Å². The van der Waals surface area contributed by atoms with Gasteiger partial charge < -0.3 is 14.8 Å². The van der Waals surface area contributed by atoms with E-state index in [0.717, 1.165) is 11.1 Å². The average molecular weight is 404 g/mol. The summed E-state index contributed by atoms with van der Waals surface area (Å²) in [7, 11) is -2.35. The number of nitrogens with zero attached hydrogens (tertiary/aromatic N) is 1. The van der Waals surface area contributed by atoms with E-state index in [4.69, 9.17) is 9.47 Å². The first-order valence-electron chi connectivity index (χ1n) is 8.98. The van der Waals surface area contributed by atoms with Crippen LogP contribution in [0.25, 0.3) is 0 Å². The Labute approximate surface area is 165 Å². The highest BCUT2D eigenvalue weighted by Crippen LogP contribution is 2.30. The average Bonchev–Trinajstić information content (AvgIpc) is 2.70. The summed E-state index contributed by atoms with van der Waals surface area (Å²) in [5.74, 6) is -0.0580. The van der Waals surface area contributed by atoms with Gasteiger partial charge >= 0.3 is 0 Å². The fourth-order valence-electron chi connectivity index (χ4n) is 3.08. The summed E-state index contributed by atoms with van der Waals surface area (Å²) in [6.07, 6.45) is 0. The Balaban J connectivity index is 1.92. The van der Waals surface area contributed by atoms with Crippen LogP contribution < -0.4 is 10.1 Å². The molecule has 2 aromatic carbocycles. The van der Waals surface area contributed by atoms with E-state index in [9.17, 15) is 13.2 Å². The summed E-state index contributed by atoms with van der Waals surface area (Å²) in [5, 5.41) is 2.79. The molecule has 0 aromatic heterocycles. The standard InChI is InChI=1S/C20H24N2O5S/c1-14-5-4-6-17(15(14)2)20(23)21-16-7-8-18(26-3)19(13-16)28(24,25)22-9-11-27-12-10-22/h4-8,13H,9-12H2,1-3H3,(H,21,23). The van der Waals surface area contributed by atoms with Crippen molar-refractivity contribution in [2.75, 3.05) is 38.7 Å². The topological polar surface area (TPSA) is 84.9 Å². The molecule has 8 heteroatoms. The molecule has 150 valence electrons. The molecule has 1 saturated heterocycles. The van der Waals surface area contributed by atoms with Crippen molar-refractivity contribution in [3.05, 3.63) is 53.1 Å². The summed E-state index contributed by atoms with van der Waals surface area (Å²) >= 11 is 0. The third kappa shape index (κ3) is 4.04. The second-order valence-corrected chi connectivity index (χ2v) is 8.49. The summed E-state index contributed by atoms with van der Waals surface area (Å²) in [6, 6.07) is 10.1. The number of benzene rings is 2. The molecule has 0 radical (unpaired) electrons. The van der Waals surface area contributed by atoms with Crippen LogP contribution in [0.5, 0.6) is 5.75 Å². The van der Waals surface area contributed by atoms with Crippen LogP contribution in [0.4, 0.5) is 5.69 Å². The lowest BCUT2D eigenvalue weighted by Crippen LogP contribution is -2.40. The largest absolute Gasteiger partial charge is 0.495 e. The fraction of sp³-hybridized carbons (Fsp3) is 0.350. The fourth-order valence-corrected chi connectivity index (χ4v) is 4.67. The van der Waals surface area contributed by atoms with Crippen LogP contribution in [0.3, 0.4) is 0 Å². The SMILES string of the molecule is COc1ccc(NC(=O)c2cccc(C)c2C)cc1S(=O)(=O)N1CCOCC1. The zero-order chi connectivity index (χ0) is 20.3. The van der Waals surface area contributed by atoms with Gasteiger partial charge in [-0.3, -0.25) is 4.79 Å². The Morgan fingerprint density at radius 3 is 2.54 bits per heavy atom. The second kappa shape index (κ2) is 8.30. The first-order valence-corrected chi connectivity index (χ1v) is 10.4. The van der Waals surface area contributed by atoms with E-state index in [-0.39, 0.29) is 29.6 Å². The number of amides is 1. The van der Waals surface area contributed by atoms with Gasteiger partial charge in [0.25, 0.3) is 5.91 Å². The number of sulfonamides is 1. The highest BCUT2D eigenvalue weighted by Gasteiger charge is 2.29. The van der Waals surface area contributed by atoms with Crippen LogP contribution in [-0.2, 0) is 14.8 Å². The monoisotopic (exact) mass is 404 g/mol. The number of hydrogen-bond acceptors (Lipinski definition) is 5. The number of hydrogen-bond donors (Lipinski definition) is 1. The maximum absolute atomic E-state index is 13.1. The number of morpholine rings is 1. The first-order chi connectivity index (χ1) is 13.3. The van der Waals surface area contributed by atoms with Crippen LogP contribution in [0.15, 0.2) is 41.3 Å². The van der Waals surface area contributed by atoms with Gasteiger partial charge in [-0.05, 0) is 49.2 Å². The number of aryl methyl sites for hydroxylation is 1. The normalized spacial score (nSPS) is 15.2. The smallest absolute Gasteiger partial charge is 0.255 e. The molecule has 0 aliphatic carbocycles.